The Hall–Kier alpha value is -0.120. The maximum Gasteiger partial charge on any atom is 0.0429 e. The van der Waals surface area contributed by atoms with Gasteiger partial charge in [0, 0.05) is 19.8 Å². The molecule has 4 N–H and O–H groups in total. The SMILES string of the molecule is [CH2]CCCCCCCNCCNCN. The van der Waals surface area contributed by atoms with Crippen LogP contribution in [0.1, 0.15) is 38.5 Å². The molecule has 0 heterocycles. The Labute approximate surface area is 88.8 Å². The van der Waals surface area contributed by atoms with Crippen LogP contribution in [0.4, 0.5) is 0 Å². The van der Waals surface area contributed by atoms with Gasteiger partial charge in [-0.3, -0.25) is 0 Å². The van der Waals surface area contributed by atoms with Gasteiger partial charge in [-0.1, -0.05) is 39.0 Å². The van der Waals surface area contributed by atoms with Crippen LogP contribution in [0.2, 0.25) is 0 Å². The Morgan fingerprint density at radius 2 is 1.43 bits per heavy atom. The average Bonchev–Trinajstić information content (AvgIpc) is 2.21. The monoisotopic (exact) mass is 200 g/mol. The van der Waals surface area contributed by atoms with Crippen molar-refractivity contribution in [1.82, 2.24) is 10.6 Å². The van der Waals surface area contributed by atoms with Crippen molar-refractivity contribution in [2.24, 2.45) is 5.73 Å². The third-order valence-electron chi connectivity index (χ3n) is 2.23. The van der Waals surface area contributed by atoms with Gasteiger partial charge in [-0.05, 0) is 13.0 Å². The quantitative estimate of drug-likeness (QED) is 0.347. The van der Waals surface area contributed by atoms with Crippen molar-refractivity contribution in [1.29, 1.82) is 0 Å². The van der Waals surface area contributed by atoms with Gasteiger partial charge in [-0.15, -0.1) is 0 Å². The first-order valence-electron chi connectivity index (χ1n) is 5.82. The van der Waals surface area contributed by atoms with Gasteiger partial charge in [-0.25, -0.2) is 0 Å². The number of unbranched alkanes of at least 4 members (excludes halogenated alkanes) is 5. The molecule has 0 aliphatic rings. The number of nitrogens with one attached hydrogen (secondary N) is 2. The predicted octanol–water partition coefficient (Wildman–Crippen LogP) is 1.26. The van der Waals surface area contributed by atoms with Crippen LogP contribution in [0.15, 0.2) is 0 Å². The van der Waals surface area contributed by atoms with Crippen LogP contribution in [0, 0.1) is 6.92 Å². The maximum atomic E-state index is 5.29. The summed E-state index contributed by atoms with van der Waals surface area (Å²) in [4.78, 5) is 0. The summed E-state index contributed by atoms with van der Waals surface area (Å²) < 4.78 is 0. The normalized spacial score (nSPS) is 10.7. The lowest BCUT2D eigenvalue weighted by atomic mass is 10.1. The minimum absolute atomic E-state index is 0.576. The van der Waals surface area contributed by atoms with Crippen molar-refractivity contribution in [3.63, 3.8) is 0 Å². The molecule has 0 fully saturated rings. The lowest BCUT2D eigenvalue weighted by Crippen LogP contribution is -2.31. The van der Waals surface area contributed by atoms with Crippen molar-refractivity contribution in [3.05, 3.63) is 6.92 Å². The second kappa shape index (κ2) is 12.9. The van der Waals surface area contributed by atoms with Crippen LogP contribution in [-0.2, 0) is 0 Å². The van der Waals surface area contributed by atoms with Crippen LogP contribution >= 0.6 is 0 Å². The van der Waals surface area contributed by atoms with Gasteiger partial charge in [-0.2, -0.15) is 0 Å². The highest BCUT2D eigenvalue weighted by Crippen LogP contribution is 2.03. The van der Waals surface area contributed by atoms with Gasteiger partial charge in [0.15, 0.2) is 0 Å². The molecule has 0 aromatic rings. The van der Waals surface area contributed by atoms with E-state index in [0.717, 1.165) is 26.1 Å². The Bertz CT molecular complexity index is 84.5. The molecule has 0 atom stereocenters. The van der Waals surface area contributed by atoms with Crippen molar-refractivity contribution in [2.45, 2.75) is 38.5 Å². The first-order chi connectivity index (χ1) is 6.91. The Morgan fingerprint density at radius 3 is 2.14 bits per heavy atom. The molecule has 0 aliphatic heterocycles. The second-order valence-corrected chi connectivity index (χ2v) is 3.58. The van der Waals surface area contributed by atoms with Crippen LogP contribution < -0.4 is 16.4 Å². The third kappa shape index (κ3) is 11.9. The predicted molar refractivity (Wildman–Crippen MR) is 63.0 cm³/mol. The van der Waals surface area contributed by atoms with E-state index in [4.69, 9.17) is 5.73 Å². The number of rotatable bonds is 11. The zero-order valence-electron chi connectivity index (χ0n) is 9.36. The molecule has 0 bridgehead atoms. The first kappa shape index (κ1) is 13.9. The molecule has 0 spiro atoms. The first-order valence-corrected chi connectivity index (χ1v) is 5.82. The van der Waals surface area contributed by atoms with E-state index in [1.54, 1.807) is 0 Å². The Morgan fingerprint density at radius 1 is 0.786 bits per heavy atom. The summed E-state index contributed by atoms with van der Waals surface area (Å²) >= 11 is 0. The largest absolute Gasteiger partial charge is 0.318 e. The fourth-order valence-electron chi connectivity index (χ4n) is 1.36. The fourth-order valence-corrected chi connectivity index (χ4v) is 1.36. The molecule has 0 saturated heterocycles. The summed E-state index contributed by atoms with van der Waals surface area (Å²) in [6, 6.07) is 0. The van der Waals surface area contributed by atoms with Crippen LogP contribution in [0.5, 0.6) is 0 Å². The zero-order chi connectivity index (χ0) is 10.5. The van der Waals surface area contributed by atoms with E-state index in [9.17, 15) is 0 Å². The average molecular weight is 200 g/mol. The lowest BCUT2D eigenvalue weighted by molar-refractivity contribution is 0.563. The molecule has 0 aromatic carbocycles. The van der Waals surface area contributed by atoms with Gasteiger partial charge in [0.1, 0.15) is 0 Å². The van der Waals surface area contributed by atoms with E-state index < -0.39 is 0 Å². The van der Waals surface area contributed by atoms with Gasteiger partial charge in [0.25, 0.3) is 0 Å². The minimum atomic E-state index is 0.576. The number of hydrogen-bond acceptors (Lipinski definition) is 3. The van der Waals surface area contributed by atoms with E-state index in [2.05, 4.69) is 17.6 Å². The van der Waals surface area contributed by atoms with Crippen molar-refractivity contribution in [2.75, 3.05) is 26.3 Å². The van der Waals surface area contributed by atoms with Crippen molar-refractivity contribution >= 4 is 0 Å². The van der Waals surface area contributed by atoms with Gasteiger partial charge in [0.05, 0.1) is 0 Å². The molecule has 0 rings (SSSR count). The van der Waals surface area contributed by atoms with Gasteiger partial charge in [0.2, 0.25) is 0 Å². The third-order valence-corrected chi connectivity index (χ3v) is 2.23. The molecule has 0 unspecified atom stereocenters. The highest BCUT2D eigenvalue weighted by atomic mass is 15.0. The summed E-state index contributed by atoms with van der Waals surface area (Å²) in [5.74, 6) is 0. The van der Waals surface area contributed by atoms with Gasteiger partial charge >= 0.3 is 0 Å². The molecular weight excluding hydrogens is 174 g/mol. The van der Waals surface area contributed by atoms with Crippen LogP contribution in [-0.4, -0.2) is 26.3 Å². The summed E-state index contributed by atoms with van der Waals surface area (Å²) in [6.07, 6.45) is 7.71. The zero-order valence-corrected chi connectivity index (χ0v) is 9.36. The Kier molecular flexibility index (Phi) is 12.8. The number of nitrogens with two attached hydrogens (primary N) is 1. The summed E-state index contributed by atoms with van der Waals surface area (Å²) in [7, 11) is 0. The Balaban J connectivity index is 2.78. The molecule has 1 radical (unpaired) electrons. The fraction of sp³-hybridized carbons (Fsp3) is 0.909. The van der Waals surface area contributed by atoms with E-state index in [1.165, 1.54) is 32.1 Å². The lowest BCUT2D eigenvalue weighted by Gasteiger charge is -2.04. The summed E-state index contributed by atoms with van der Waals surface area (Å²) in [5.41, 5.74) is 5.29. The van der Waals surface area contributed by atoms with Crippen molar-refractivity contribution in [3.8, 4) is 0 Å². The second-order valence-electron chi connectivity index (χ2n) is 3.58. The van der Waals surface area contributed by atoms with Crippen LogP contribution in [0.25, 0.3) is 0 Å². The highest BCUT2D eigenvalue weighted by molar-refractivity contribution is 4.52. The molecule has 0 aromatic heterocycles. The van der Waals surface area contributed by atoms with Crippen LogP contribution in [0.3, 0.4) is 0 Å². The molecule has 85 valence electrons. The summed E-state index contributed by atoms with van der Waals surface area (Å²) in [5, 5.41) is 6.46. The molecule has 0 aliphatic carbocycles. The molecule has 3 heteroatoms. The van der Waals surface area contributed by atoms with Crippen molar-refractivity contribution < 1.29 is 0 Å². The summed E-state index contributed by atoms with van der Waals surface area (Å²) in [6.45, 7) is 7.54. The molecule has 3 nitrogen and oxygen atoms in total. The van der Waals surface area contributed by atoms with E-state index in [-0.39, 0.29) is 0 Å². The van der Waals surface area contributed by atoms with E-state index in [1.807, 2.05) is 0 Å². The van der Waals surface area contributed by atoms with E-state index >= 15 is 0 Å². The minimum Gasteiger partial charge on any atom is -0.318 e. The molecule has 0 saturated carbocycles. The van der Waals surface area contributed by atoms with Gasteiger partial charge < -0.3 is 16.4 Å². The maximum absolute atomic E-state index is 5.29. The highest BCUT2D eigenvalue weighted by Gasteiger charge is 1.90. The standard InChI is InChI=1S/C11H26N3/c1-2-3-4-5-6-7-8-13-9-10-14-11-12/h13-14H,1-12H2. The van der Waals surface area contributed by atoms with E-state index in [0.29, 0.717) is 6.67 Å². The topological polar surface area (TPSA) is 50.1 Å². The molecular formula is C11H26N3. The number of hydrogen-bond donors (Lipinski definition) is 3. The molecule has 14 heavy (non-hydrogen) atoms. The smallest absolute Gasteiger partial charge is 0.0429 e. The molecule has 0 amide bonds.